The van der Waals surface area contributed by atoms with E-state index in [4.69, 9.17) is 4.74 Å². The van der Waals surface area contributed by atoms with E-state index in [1.54, 1.807) is 6.07 Å². The molecular weight excluding hydrogens is 378 g/mol. The Bertz CT molecular complexity index is 1150. The van der Waals surface area contributed by atoms with Crippen LogP contribution in [-0.2, 0) is 19.5 Å². The number of hydrogen-bond donors (Lipinski definition) is 0. The molecule has 0 unspecified atom stereocenters. The van der Waals surface area contributed by atoms with Crippen LogP contribution in [0, 0.1) is 5.92 Å². The Labute approximate surface area is 176 Å². The molecule has 0 bridgehead atoms. The third kappa shape index (κ3) is 3.82. The maximum Gasteiger partial charge on any atom is 0.275 e. The lowest BCUT2D eigenvalue weighted by Gasteiger charge is -2.29. The molecular formula is C24H27N3O3. The monoisotopic (exact) mass is 405 g/mol. The van der Waals surface area contributed by atoms with Gasteiger partial charge in [-0.15, -0.1) is 0 Å². The first-order valence-electron chi connectivity index (χ1n) is 10.5. The summed E-state index contributed by atoms with van der Waals surface area (Å²) in [6, 6.07) is 13.3. The Morgan fingerprint density at radius 3 is 2.63 bits per heavy atom. The van der Waals surface area contributed by atoms with E-state index >= 15 is 0 Å². The van der Waals surface area contributed by atoms with Crippen LogP contribution in [0.4, 0.5) is 0 Å². The largest absolute Gasteiger partial charge is 0.494 e. The van der Waals surface area contributed by atoms with Crippen molar-refractivity contribution >= 4 is 16.7 Å². The zero-order chi connectivity index (χ0) is 21.3. The van der Waals surface area contributed by atoms with Crippen LogP contribution in [0.2, 0.25) is 0 Å². The Hall–Kier alpha value is -3.15. The average molecular weight is 405 g/mol. The molecule has 0 aliphatic carbocycles. The van der Waals surface area contributed by atoms with Crippen molar-refractivity contribution in [2.75, 3.05) is 13.2 Å². The number of ether oxygens (including phenoxy) is 1. The first kappa shape index (κ1) is 20.1. The Morgan fingerprint density at radius 2 is 1.90 bits per heavy atom. The molecule has 2 aromatic carbocycles. The van der Waals surface area contributed by atoms with Gasteiger partial charge in [-0.05, 0) is 48.6 Å². The van der Waals surface area contributed by atoms with E-state index in [1.165, 1.54) is 10.2 Å². The van der Waals surface area contributed by atoms with E-state index in [2.05, 4.69) is 11.2 Å². The third-order valence-corrected chi connectivity index (χ3v) is 5.40. The van der Waals surface area contributed by atoms with Gasteiger partial charge in [0.15, 0.2) is 5.69 Å². The number of carbonyl (C=O) groups excluding carboxylic acids is 1. The number of benzene rings is 2. The molecule has 0 saturated carbocycles. The number of carbonyl (C=O) groups is 1. The highest BCUT2D eigenvalue weighted by Crippen LogP contribution is 2.26. The number of hydrogen-bond acceptors (Lipinski definition) is 4. The fourth-order valence-corrected chi connectivity index (χ4v) is 3.98. The van der Waals surface area contributed by atoms with E-state index in [0.29, 0.717) is 42.7 Å². The summed E-state index contributed by atoms with van der Waals surface area (Å²) >= 11 is 0. The maximum atomic E-state index is 13.5. The number of aromatic nitrogens is 2. The van der Waals surface area contributed by atoms with Crippen LogP contribution in [0.25, 0.3) is 10.8 Å². The van der Waals surface area contributed by atoms with E-state index in [1.807, 2.05) is 56.0 Å². The molecule has 156 valence electrons. The summed E-state index contributed by atoms with van der Waals surface area (Å²) in [4.78, 5) is 28.2. The van der Waals surface area contributed by atoms with Crippen molar-refractivity contribution in [2.24, 2.45) is 5.92 Å². The second kappa shape index (κ2) is 8.30. The first-order valence-corrected chi connectivity index (χ1v) is 10.5. The van der Waals surface area contributed by atoms with Gasteiger partial charge in [0.2, 0.25) is 0 Å². The van der Waals surface area contributed by atoms with Crippen LogP contribution in [0.5, 0.6) is 5.75 Å². The van der Waals surface area contributed by atoms with Gasteiger partial charge in [0, 0.05) is 25.0 Å². The molecule has 30 heavy (non-hydrogen) atoms. The lowest BCUT2D eigenvalue weighted by atomic mass is 9.99. The van der Waals surface area contributed by atoms with E-state index in [-0.39, 0.29) is 17.4 Å². The standard InChI is InChI=1S/C24H27N3O3/c1-4-30-19-10-9-17-11-12-26(15-18(17)13-19)24(29)22-20-7-5-6-8-21(20)23(28)27(25-22)14-16(2)3/h5-10,13,16H,4,11-12,14-15H2,1-3H3. The minimum atomic E-state index is -0.152. The zero-order valence-corrected chi connectivity index (χ0v) is 17.7. The van der Waals surface area contributed by atoms with Gasteiger partial charge < -0.3 is 9.64 Å². The molecule has 0 fully saturated rings. The van der Waals surface area contributed by atoms with Crippen molar-refractivity contribution in [1.29, 1.82) is 0 Å². The SMILES string of the molecule is CCOc1ccc2c(c1)CN(C(=O)c1nn(CC(C)C)c(=O)c3ccccc13)CC2. The molecule has 0 N–H and O–H groups in total. The lowest BCUT2D eigenvalue weighted by molar-refractivity contribution is 0.0727. The second-order valence-corrected chi connectivity index (χ2v) is 8.12. The van der Waals surface area contributed by atoms with Crippen molar-refractivity contribution in [3.8, 4) is 5.75 Å². The average Bonchev–Trinajstić information content (AvgIpc) is 2.75. The molecule has 0 saturated heterocycles. The Kier molecular flexibility index (Phi) is 5.57. The van der Waals surface area contributed by atoms with Crippen molar-refractivity contribution < 1.29 is 9.53 Å². The van der Waals surface area contributed by atoms with E-state index in [0.717, 1.165) is 17.7 Å². The first-order chi connectivity index (χ1) is 14.5. The van der Waals surface area contributed by atoms with Gasteiger partial charge in [-0.25, -0.2) is 4.68 Å². The van der Waals surface area contributed by atoms with E-state index in [9.17, 15) is 9.59 Å². The van der Waals surface area contributed by atoms with E-state index < -0.39 is 0 Å². The van der Waals surface area contributed by atoms with Gasteiger partial charge in [0.1, 0.15) is 5.75 Å². The molecule has 1 amide bonds. The summed E-state index contributed by atoms with van der Waals surface area (Å²) in [5.74, 6) is 0.925. The number of rotatable bonds is 5. The van der Waals surface area contributed by atoms with Crippen molar-refractivity contribution in [3.63, 3.8) is 0 Å². The topological polar surface area (TPSA) is 64.4 Å². The van der Waals surface area contributed by atoms with Crippen LogP contribution in [0.3, 0.4) is 0 Å². The highest BCUT2D eigenvalue weighted by molar-refractivity contribution is 6.04. The van der Waals surface area contributed by atoms with Crippen LogP contribution in [0.1, 0.15) is 42.4 Å². The van der Waals surface area contributed by atoms with Crippen molar-refractivity contribution in [2.45, 2.75) is 40.3 Å². The highest BCUT2D eigenvalue weighted by atomic mass is 16.5. The van der Waals surface area contributed by atoms with Gasteiger partial charge in [0.05, 0.1) is 12.0 Å². The summed E-state index contributed by atoms with van der Waals surface area (Å²) in [6.45, 7) is 8.23. The zero-order valence-electron chi connectivity index (χ0n) is 17.7. The Morgan fingerprint density at radius 1 is 1.13 bits per heavy atom. The molecule has 1 aliphatic heterocycles. The molecule has 3 aromatic rings. The molecule has 6 nitrogen and oxygen atoms in total. The molecule has 1 aliphatic rings. The summed E-state index contributed by atoms with van der Waals surface area (Å²) in [5, 5.41) is 5.65. The predicted octanol–water partition coefficient (Wildman–Crippen LogP) is 3.65. The normalized spacial score (nSPS) is 13.5. The molecule has 0 radical (unpaired) electrons. The fourth-order valence-electron chi connectivity index (χ4n) is 3.98. The van der Waals surface area contributed by atoms with Crippen LogP contribution >= 0.6 is 0 Å². The van der Waals surface area contributed by atoms with Crippen LogP contribution < -0.4 is 10.3 Å². The van der Waals surface area contributed by atoms with Crippen LogP contribution in [-0.4, -0.2) is 33.7 Å². The summed E-state index contributed by atoms with van der Waals surface area (Å²) in [5.41, 5.74) is 2.53. The number of fused-ring (bicyclic) bond motifs is 2. The summed E-state index contributed by atoms with van der Waals surface area (Å²) in [6.07, 6.45) is 0.789. The quantitative estimate of drug-likeness (QED) is 0.650. The third-order valence-electron chi connectivity index (χ3n) is 5.40. The second-order valence-electron chi connectivity index (χ2n) is 8.12. The molecule has 6 heteroatoms. The van der Waals surface area contributed by atoms with Gasteiger partial charge in [-0.3, -0.25) is 9.59 Å². The van der Waals surface area contributed by atoms with Gasteiger partial charge >= 0.3 is 0 Å². The van der Waals surface area contributed by atoms with Crippen molar-refractivity contribution in [3.05, 3.63) is 69.6 Å². The Balaban J connectivity index is 1.72. The molecule has 0 atom stereocenters. The maximum absolute atomic E-state index is 13.5. The van der Waals surface area contributed by atoms with Gasteiger partial charge in [-0.1, -0.05) is 38.1 Å². The highest BCUT2D eigenvalue weighted by Gasteiger charge is 2.26. The molecule has 1 aromatic heterocycles. The van der Waals surface area contributed by atoms with Crippen LogP contribution in [0.15, 0.2) is 47.3 Å². The number of amides is 1. The lowest BCUT2D eigenvalue weighted by Crippen LogP contribution is -2.38. The predicted molar refractivity (Wildman–Crippen MR) is 117 cm³/mol. The summed E-state index contributed by atoms with van der Waals surface area (Å²) < 4.78 is 7.06. The van der Waals surface area contributed by atoms with Gasteiger partial charge in [-0.2, -0.15) is 5.10 Å². The fraction of sp³-hybridized carbons (Fsp3) is 0.375. The smallest absolute Gasteiger partial charge is 0.275 e. The molecule has 0 spiro atoms. The molecule has 4 rings (SSSR count). The van der Waals surface area contributed by atoms with Gasteiger partial charge in [0.25, 0.3) is 11.5 Å². The summed E-state index contributed by atoms with van der Waals surface area (Å²) in [7, 11) is 0. The van der Waals surface area contributed by atoms with Crippen molar-refractivity contribution in [1.82, 2.24) is 14.7 Å². The minimum Gasteiger partial charge on any atom is -0.494 e. The molecule has 2 heterocycles. The minimum absolute atomic E-state index is 0.142. The number of nitrogens with zero attached hydrogens (tertiary/aromatic N) is 3.